The molecule has 0 atom stereocenters. The maximum atomic E-state index is 11.2. The summed E-state index contributed by atoms with van der Waals surface area (Å²) in [5.41, 5.74) is 12.7. The molecule has 0 bridgehead atoms. The second-order valence-electron chi connectivity index (χ2n) is 5.40. The highest BCUT2D eigenvalue weighted by Crippen LogP contribution is 2.05. The van der Waals surface area contributed by atoms with Gasteiger partial charge in [0.2, 0.25) is 0 Å². The SMILES string of the molecule is Nc1ccc(C(=O)NCC(=O)O)cc1.Nc1ccc(C(=O)NCC(=O)O)cc1. The number of rotatable bonds is 6. The number of aliphatic carboxylic acids is 2. The number of carboxylic acids is 2. The molecule has 0 aliphatic heterocycles. The van der Waals surface area contributed by atoms with E-state index in [9.17, 15) is 19.2 Å². The molecule has 0 aliphatic rings. The standard InChI is InChI=1S/2C9H10N2O3/c2*10-7-3-1-6(2-4-7)9(14)11-5-8(12)13/h2*1-4H,5,10H2,(H,11,14)(H,12,13). The molecule has 10 nitrogen and oxygen atoms in total. The number of anilines is 2. The van der Waals surface area contributed by atoms with E-state index in [1.165, 1.54) is 24.3 Å². The zero-order valence-corrected chi connectivity index (χ0v) is 14.7. The molecule has 28 heavy (non-hydrogen) atoms. The number of amides is 2. The highest BCUT2D eigenvalue weighted by Gasteiger charge is 2.06. The Morgan fingerprint density at radius 2 is 0.929 bits per heavy atom. The first kappa shape index (κ1) is 22.0. The number of hydrogen-bond donors (Lipinski definition) is 6. The number of hydrogen-bond acceptors (Lipinski definition) is 6. The van der Waals surface area contributed by atoms with Gasteiger partial charge in [0.05, 0.1) is 0 Å². The van der Waals surface area contributed by atoms with Crippen LogP contribution in [0.15, 0.2) is 48.5 Å². The average molecular weight is 388 g/mol. The minimum absolute atomic E-state index is 0.386. The number of nitrogens with one attached hydrogen (secondary N) is 2. The lowest BCUT2D eigenvalue weighted by atomic mass is 10.2. The van der Waals surface area contributed by atoms with E-state index in [0.717, 1.165) is 0 Å². The molecule has 0 unspecified atom stereocenters. The molecule has 148 valence electrons. The minimum atomic E-state index is -1.08. The van der Waals surface area contributed by atoms with Crippen LogP contribution in [0.1, 0.15) is 20.7 Å². The fourth-order valence-corrected chi connectivity index (χ4v) is 1.78. The van der Waals surface area contributed by atoms with Crippen molar-refractivity contribution in [2.24, 2.45) is 0 Å². The second-order valence-corrected chi connectivity index (χ2v) is 5.40. The van der Waals surface area contributed by atoms with E-state index in [1.807, 2.05) is 0 Å². The lowest BCUT2D eigenvalue weighted by molar-refractivity contribution is -0.136. The lowest BCUT2D eigenvalue weighted by Crippen LogP contribution is -2.29. The van der Waals surface area contributed by atoms with E-state index in [1.54, 1.807) is 24.3 Å². The van der Waals surface area contributed by atoms with E-state index >= 15 is 0 Å². The van der Waals surface area contributed by atoms with E-state index < -0.39 is 23.8 Å². The van der Waals surface area contributed by atoms with Crippen LogP contribution in [-0.4, -0.2) is 47.1 Å². The molecule has 0 saturated heterocycles. The Kier molecular flexibility index (Phi) is 8.48. The molecule has 8 N–H and O–H groups in total. The van der Waals surface area contributed by atoms with Crippen LogP contribution in [0.5, 0.6) is 0 Å². The molecule has 0 aromatic heterocycles. The van der Waals surface area contributed by atoms with Crippen molar-refractivity contribution in [2.45, 2.75) is 0 Å². The Labute approximate surface area is 160 Å². The molecular weight excluding hydrogens is 368 g/mol. The highest BCUT2D eigenvalue weighted by atomic mass is 16.4. The summed E-state index contributed by atoms with van der Waals surface area (Å²) in [7, 11) is 0. The number of carbonyl (C=O) groups excluding carboxylic acids is 2. The van der Waals surface area contributed by atoms with Crippen LogP contribution >= 0.6 is 0 Å². The van der Waals surface area contributed by atoms with Gasteiger partial charge in [-0.2, -0.15) is 0 Å². The van der Waals surface area contributed by atoms with Crippen molar-refractivity contribution in [3.05, 3.63) is 59.7 Å². The minimum Gasteiger partial charge on any atom is -0.480 e. The molecule has 0 radical (unpaired) electrons. The van der Waals surface area contributed by atoms with Crippen LogP contribution in [0.3, 0.4) is 0 Å². The van der Waals surface area contributed by atoms with Gasteiger partial charge in [0.25, 0.3) is 11.8 Å². The third-order valence-corrected chi connectivity index (χ3v) is 3.15. The zero-order valence-electron chi connectivity index (χ0n) is 14.7. The van der Waals surface area contributed by atoms with Crippen molar-refractivity contribution >= 4 is 35.1 Å². The fraction of sp³-hybridized carbons (Fsp3) is 0.111. The van der Waals surface area contributed by atoms with Gasteiger partial charge in [-0.15, -0.1) is 0 Å². The Bertz CT molecular complexity index is 763. The zero-order chi connectivity index (χ0) is 21.1. The summed E-state index contributed by atoms with van der Waals surface area (Å²) < 4.78 is 0. The van der Waals surface area contributed by atoms with Crippen molar-refractivity contribution in [1.29, 1.82) is 0 Å². The molecule has 0 saturated carbocycles. The Hall–Kier alpha value is -4.08. The van der Waals surface area contributed by atoms with Crippen LogP contribution in [-0.2, 0) is 9.59 Å². The first-order valence-electron chi connectivity index (χ1n) is 7.90. The highest BCUT2D eigenvalue weighted by molar-refractivity contribution is 5.96. The Balaban J connectivity index is 0.000000280. The van der Waals surface area contributed by atoms with Gasteiger partial charge in [-0.3, -0.25) is 19.2 Å². The normalized spacial score (nSPS) is 9.43. The summed E-state index contributed by atoms with van der Waals surface area (Å²) >= 11 is 0. The van der Waals surface area contributed by atoms with Gasteiger partial charge in [0, 0.05) is 22.5 Å². The van der Waals surface area contributed by atoms with Crippen molar-refractivity contribution < 1.29 is 29.4 Å². The molecule has 0 fully saturated rings. The summed E-state index contributed by atoms with van der Waals surface area (Å²) in [6.45, 7) is -0.771. The summed E-state index contributed by atoms with van der Waals surface area (Å²) in [5, 5.41) is 21.1. The monoisotopic (exact) mass is 388 g/mol. The number of carbonyl (C=O) groups is 4. The summed E-state index contributed by atoms with van der Waals surface area (Å²) in [5.74, 6) is -3.00. The van der Waals surface area contributed by atoms with Crippen molar-refractivity contribution in [3.8, 4) is 0 Å². The smallest absolute Gasteiger partial charge is 0.322 e. The molecule has 2 aromatic rings. The van der Waals surface area contributed by atoms with Gasteiger partial charge in [0.1, 0.15) is 13.1 Å². The predicted molar refractivity (Wildman–Crippen MR) is 102 cm³/mol. The third kappa shape index (κ3) is 8.34. The number of nitrogen functional groups attached to an aromatic ring is 2. The van der Waals surface area contributed by atoms with Crippen molar-refractivity contribution in [1.82, 2.24) is 10.6 Å². The first-order chi connectivity index (χ1) is 13.2. The molecule has 2 rings (SSSR count). The molecular formula is C18H20N4O6. The Morgan fingerprint density at radius 3 is 1.18 bits per heavy atom. The van der Waals surface area contributed by atoms with Gasteiger partial charge in [0.15, 0.2) is 0 Å². The van der Waals surface area contributed by atoms with Crippen LogP contribution in [0.4, 0.5) is 11.4 Å². The topological polar surface area (TPSA) is 185 Å². The van der Waals surface area contributed by atoms with Gasteiger partial charge in [-0.1, -0.05) is 0 Å². The predicted octanol–water partition coefficient (Wildman–Crippen LogP) is 0.166. The molecule has 10 heteroatoms. The summed E-state index contributed by atoms with van der Waals surface area (Å²) in [6.07, 6.45) is 0. The van der Waals surface area contributed by atoms with Crippen molar-refractivity contribution in [2.75, 3.05) is 24.6 Å². The van der Waals surface area contributed by atoms with E-state index in [2.05, 4.69) is 10.6 Å². The first-order valence-corrected chi connectivity index (χ1v) is 7.90. The Morgan fingerprint density at radius 1 is 0.643 bits per heavy atom. The lowest BCUT2D eigenvalue weighted by Gasteiger charge is -2.01. The summed E-state index contributed by atoms with van der Waals surface area (Å²) in [4.78, 5) is 42.8. The van der Waals surface area contributed by atoms with E-state index in [-0.39, 0.29) is 13.1 Å². The van der Waals surface area contributed by atoms with Crippen LogP contribution in [0.2, 0.25) is 0 Å². The number of benzene rings is 2. The third-order valence-electron chi connectivity index (χ3n) is 3.15. The van der Waals surface area contributed by atoms with Crippen molar-refractivity contribution in [3.63, 3.8) is 0 Å². The quantitative estimate of drug-likeness (QED) is 0.378. The maximum Gasteiger partial charge on any atom is 0.322 e. The summed E-state index contributed by atoms with van der Waals surface area (Å²) in [6, 6.07) is 12.5. The van der Waals surface area contributed by atoms with Crippen LogP contribution in [0, 0.1) is 0 Å². The second kappa shape index (κ2) is 10.8. The molecule has 2 aromatic carbocycles. The van der Waals surface area contributed by atoms with Gasteiger partial charge < -0.3 is 32.3 Å². The maximum absolute atomic E-state index is 11.2. The largest absolute Gasteiger partial charge is 0.480 e. The van der Waals surface area contributed by atoms with Gasteiger partial charge >= 0.3 is 11.9 Å². The molecule has 2 amide bonds. The number of carboxylic acid groups (broad SMARTS) is 2. The number of nitrogens with two attached hydrogens (primary N) is 2. The van der Waals surface area contributed by atoms with Gasteiger partial charge in [-0.25, -0.2) is 0 Å². The molecule has 0 heterocycles. The van der Waals surface area contributed by atoms with E-state index in [4.69, 9.17) is 21.7 Å². The molecule has 0 spiro atoms. The average Bonchev–Trinajstić information content (AvgIpc) is 2.65. The van der Waals surface area contributed by atoms with Gasteiger partial charge in [-0.05, 0) is 48.5 Å². The fourth-order valence-electron chi connectivity index (χ4n) is 1.78. The van der Waals surface area contributed by atoms with Crippen LogP contribution in [0.25, 0.3) is 0 Å². The van der Waals surface area contributed by atoms with Crippen LogP contribution < -0.4 is 22.1 Å². The molecule has 0 aliphatic carbocycles. The van der Waals surface area contributed by atoms with E-state index in [0.29, 0.717) is 22.5 Å².